The minimum atomic E-state index is -0.243. The standard InChI is InChI=1S/C19H14O2/c1-12(21-11-20)16-9-7-15-6-5-13-3-2-4-14-8-10-17(16)19(15)18(13)14/h2-12H,1H3. The van der Waals surface area contributed by atoms with Crippen molar-refractivity contribution < 1.29 is 9.53 Å². The van der Waals surface area contributed by atoms with Crippen molar-refractivity contribution in [1.82, 2.24) is 0 Å². The summed E-state index contributed by atoms with van der Waals surface area (Å²) in [7, 11) is 0. The average Bonchev–Trinajstić information content (AvgIpc) is 2.52. The molecule has 102 valence electrons. The Labute approximate surface area is 122 Å². The van der Waals surface area contributed by atoms with Crippen molar-refractivity contribution in [2.24, 2.45) is 0 Å². The topological polar surface area (TPSA) is 26.3 Å². The van der Waals surface area contributed by atoms with Crippen LogP contribution in [0.3, 0.4) is 0 Å². The molecule has 0 N–H and O–H groups in total. The van der Waals surface area contributed by atoms with Gasteiger partial charge in [-0.05, 0) is 39.2 Å². The van der Waals surface area contributed by atoms with Crippen LogP contribution in [-0.4, -0.2) is 6.47 Å². The number of hydrogen-bond acceptors (Lipinski definition) is 2. The van der Waals surface area contributed by atoms with Crippen molar-refractivity contribution in [3.63, 3.8) is 0 Å². The van der Waals surface area contributed by atoms with Crippen LogP contribution in [0.5, 0.6) is 0 Å². The van der Waals surface area contributed by atoms with E-state index in [4.69, 9.17) is 4.74 Å². The highest BCUT2D eigenvalue weighted by molar-refractivity contribution is 6.23. The van der Waals surface area contributed by atoms with Crippen LogP contribution < -0.4 is 0 Å². The van der Waals surface area contributed by atoms with Crippen molar-refractivity contribution in [2.45, 2.75) is 13.0 Å². The minimum absolute atomic E-state index is 0.243. The first-order chi connectivity index (χ1) is 10.3. The third kappa shape index (κ3) is 1.69. The van der Waals surface area contributed by atoms with Gasteiger partial charge in [0.15, 0.2) is 0 Å². The first kappa shape index (κ1) is 12.2. The monoisotopic (exact) mass is 274 g/mol. The molecule has 0 saturated carbocycles. The fourth-order valence-electron chi connectivity index (χ4n) is 3.27. The molecular weight excluding hydrogens is 260 g/mol. The summed E-state index contributed by atoms with van der Waals surface area (Å²) < 4.78 is 5.14. The molecule has 1 atom stereocenters. The van der Waals surface area contributed by atoms with E-state index in [0.29, 0.717) is 6.47 Å². The van der Waals surface area contributed by atoms with Crippen molar-refractivity contribution in [3.8, 4) is 0 Å². The zero-order chi connectivity index (χ0) is 14.4. The third-order valence-corrected chi connectivity index (χ3v) is 4.26. The van der Waals surface area contributed by atoms with Crippen molar-refractivity contribution >= 4 is 38.8 Å². The number of carbonyl (C=O) groups excluding carboxylic acids is 1. The van der Waals surface area contributed by atoms with E-state index in [2.05, 4.69) is 54.6 Å². The molecule has 0 aliphatic heterocycles. The molecule has 0 aliphatic carbocycles. The van der Waals surface area contributed by atoms with Crippen LogP contribution in [0.15, 0.2) is 54.6 Å². The van der Waals surface area contributed by atoms with E-state index in [1.54, 1.807) is 0 Å². The zero-order valence-electron chi connectivity index (χ0n) is 11.7. The first-order valence-electron chi connectivity index (χ1n) is 7.05. The summed E-state index contributed by atoms with van der Waals surface area (Å²) in [6.45, 7) is 2.42. The number of rotatable bonds is 3. The molecule has 4 aromatic carbocycles. The SMILES string of the molecule is CC(OC=O)c1ccc2ccc3cccc4ccc1c2c34. The number of hydrogen-bond donors (Lipinski definition) is 0. The molecule has 0 heterocycles. The van der Waals surface area contributed by atoms with E-state index >= 15 is 0 Å². The maximum atomic E-state index is 10.6. The molecule has 0 fully saturated rings. The lowest BCUT2D eigenvalue weighted by atomic mass is 9.91. The van der Waals surface area contributed by atoms with Crippen molar-refractivity contribution in [2.75, 3.05) is 0 Å². The summed E-state index contributed by atoms with van der Waals surface area (Å²) in [5, 5.41) is 7.40. The van der Waals surface area contributed by atoms with Gasteiger partial charge >= 0.3 is 0 Å². The first-order valence-corrected chi connectivity index (χ1v) is 7.05. The van der Waals surface area contributed by atoms with Gasteiger partial charge < -0.3 is 4.74 Å². The van der Waals surface area contributed by atoms with Gasteiger partial charge in [-0.1, -0.05) is 54.6 Å². The predicted molar refractivity (Wildman–Crippen MR) is 85.7 cm³/mol. The van der Waals surface area contributed by atoms with Crippen LogP contribution in [0.1, 0.15) is 18.6 Å². The molecule has 0 saturated heterocycles. The molecule has 0 spiro atoms. The lowest BCUT2D eigenvalue weighted by Gasteiger charge is -2.16. The molecule has 0 aliphatic rings. The zero-order valence-corrected chi connectivity index (χ0v) is 11.7. The van der Waals surface area contributed by atoms with Gasteiger partial charge in [0.25, 0.3) is 6.47 Å². The van der Waals surface area contributed by atoms with Crippen LogP contribution in [-0.2, 0) is 9.53 Å². The van der Waals surface area contributed by atoms with E-state index in [1.165, 1.54) is 26.9 Å². The Bertz CT molecular complexity index is 940. The van der Waals surface area contributed by atoms with Gasteiger partial charge in [-0.3, -0.25) is 4.79 Å². The average molecular weight is 274 g/mol. The fraction of sp³-hybridized carbons (Fsp3) is 0.105. The molecule has 21 heavy (non-hydrogen) atoms. The summed E-state index contributed by atoms with van der Waals surface area (Å²) in [5.74, 6) is 0. The maximum absolute atomic E-state index is 10.6. The summed E-state index contributed by atoms with van der Waals surface area (Å²) in [5.41, 5.74) is 1.05. The van der Waals surface area contributed by atoms with Gasteiger partial charge in [0.1, 0.15) is 6.10 Å². The molecule has 2 nitrogen and oxygen atoms in total. The number of carbonyl (C=O) groups is 1. The molecule has 1 unspecified atom stereocenters. The Morgan fingerprint density at radius 2 is 1.48 bits per heavy atom. The maximum Gasteiger partial charge on any atom is 0.293 e. The van der Waals surface area contributed by atoms with Crippen LogP contribution in [0.4, 0.5) is 0 Å². The highest BCUT2D eigenvalue weighted by atomic mass is 16.5. The number of benzene rings is 4. The quantitative estimate of drug-likeness (QED) is 0.395. The van der Waals surface area contributed by atoms with Crippen LogP contribution in [0.2, 0.25) is 0 Å². The lowest BCUT2D eigenvalue weighted by molar-refractivity contribution is -0.133. The molecule has 0 bridgehead atoms. The largest absolute Gasteiger partial charge is 0.460 e. The summed E-state index contributed by atoms with van der Waals surface area (Å²) in [4.78, 5) is 10.6. The highest BCUT2D eigenvalue weighted by Crippen LogP contribution is 2.37. The van der Waals surface area contributed by atoms with E-state index in [0.717, 1.165) is 10.9 Å². The van der Waals surface area contributed by atoms with Gasteiger partial charge in [-0.25, -0.2) is 0 Å². The van der Waals surface area contributed by atoms with Crippen LogP contribution in [0.25, 0.3) is 32.3 Å². The second kappa shape index (κ2) is 4.45. The second-order valence-corrected chi connectivity index (χ2v) is 5.39. The summed E-state index contributed by atoms with van der Waals surface area (Å²) in [6, 6.07) is 19.1. The minimum Gasteiger partial charge on any atom is -0.460 e. The van der Waals surface area contributed by atoms with Crippen LogP contribution in [0, 0.1) is 0 Å². The molecule has 4 aromatic rings. The smallest absolute Gasteiger partial charge is 0.293 e. The van der Waals surface area contributed by atoms with Gasteiger partial charge in [0.2, 0.25) is 0 Å². The third-order valence-electron chi connectivity index (χ3n) is 4.26. The predicted octanol–water partition coefficient (Wildman–Crippen LogP) is 4.82. The van der Waals surface area contributed by atoms with Gasteiger partial charge in [-0.2, -0.15) is 0 Å². The molecular formula is C19H14O2. The Hall–Kier alpha value is -2.61. The van der Waals surface area contributed by atoms with E-state index in [9.17, 15) is 4.79 Å². The Morgan fingerprint density at radius 3 is 2.19 bits per heavy atom. The molecule has 2 heteroatoms. The number of ether oxygens (including phenoxy) is 1. The van der Waals surface area contributed by atoms with Crippen LogP contribution >= 0.6 is 0 Å². The van der Waals surface area contributed by atoms with E-state index in [-0.39, 0.29) is 6.10 Å². The fourth-order valence-corrected chi connectivity index (χ4v) is 3.27. The normalized spacial score (nSPS) is 13.0. The second-order valence-electron chi connectivity index (χ2n) is 5.39. The van der Waals surface area contributed by atoms with Crippen molar-refractivity contribution in [1.29, 1.82) is 0 Å². The van der Waals surface area contributed by atoms with Crippen molar-refractivity contribution in [3.05, 3.63) is 60.2 Å². The molecule has 0 radical (unpaired) electrons. The Balaban J connectivity index is 2.17. The Morgan fingerprint density at radius 1 is 0.857 bits per heavy atom. The molecule has 0 aromatic heterocycles. The Kier molecular flexibility index (Phi) is 2.58. The summed E-state index contributed by atoms with van der Waals surface area (Å²) in [6.07, 6.45) is -0.243. The highest BCUT2D eigenvalue weighted by Gasteiger charge is 2.14. The van der Waals surface area contributed by atoms with Gasteiger partial charge in [0, 0.05) is 5.56 Å². The summed E-state index contributed by atoms with van der Waals surface area (Å²) >= 11 is 0. The molecule has 4 rings (SSSR count). The van der Waals surface area contributed by atoms with E-state index in [1.807, 2.05) is 6.92 Å². The van der Waals surface area contributed by atoms with Gasteiger partial charge in [0.05, 0.1) is 0 Å². The lowest BCUT2D eigenvalue weighted by Crippen LogP contribution is -1.99. The molecule has 0 amide bonds. The van der Waals surface area contributed by atoms with Gasteiger partial charge in [-0.15, -0.1) is 0 Å². The van der Waals surface area contributed by atoms with E-state index < -0.39 is 0 Å².